The Bertz CT molecular complexity index is 574. The van der Waals surface area contributed by atoms with Crippen LogP contribution < -0.4 is 16.0 Å². The third-order valence-corrected chi connectivity index (χ3v) is 4.49. The van der Waals surface area contributed by atoms with Crippen LogP contribution in [0.2, 0.25) is 0 Å². The van der Waals surface area contributed by atoms with Gasteiger partial charge in [0.15, 0.2) is 0 Å². The van der Waals surface area contributed by atoms with Gasteiger partial charge in [0.2, 0.25) is 5.91 Å². The van der Waals surface area contributed by atoms with Gasteiger partial charge < -0.3 is 16.0 Å². The van der Waals surface area contributed by atoms with E-state index < -0.39 is 24.7 Å². The first kappa shape index (κ1) is 18.2. The van der Waals surface area contributed by atoms with E-state index in [2.05, 4.69) is 16.0 Å². The van der Waals surface area contributed by atoms with Crippen LogP contribution in [0.3, 0.4) is 0 Å². The van der Waals surface area contributed by atoms with Crippen molar-refractivity contribution in [3.63, 3.8) is 0 Å². The van der Waals surface area contributed by atoms with E-state index in [1.807, 2.05) is 0 Å². The zero-order valence-corrected chi connectivity index (χ0v) is 13.7. The lowest BCUT2D eigenvalue weighted by atomic mass is 9.64. The maximum Gasteiger partial charge on any atom is 0.315 e. The fourth-order valence-corrected chi connectivity index (χ4v) is 2.86. The average molecular weight is 339 g/mol. The lowest BCUT2D eigenvalue weighted by molar-refractivity contribution is -0.122. The van der Waals surface area contributed by atoms with Gasteiger partial charge in [0, 0.05) is 18.5 Å². The minimum atomic E-state index is -0.750. The van der Waals surface area contributed by atoms with Crippen LogP contribution in [-0.2, 0) is 10.2 Å². The van der Waals surface area contributed by atoms with Crippen LogP contribution in [0.1, 0.15) is 31.7 Å². The van der Waals surface area contributed by atoms with Crippen molar-refractivity contribution in [1.82, 2.24) is 16.0 Å². The third-order valence-electron chi connectivity index (χ3n) is 4.49. The normalized spacial score (nSPS) is 16.6. The van der Waals surface area contributed by atoms with E-state index in [1.54, 1.807) is 12.1 Å². The minimum absolute atomic E-state index is 0.0693. The Morgan fingerprint density at radius 2 is 1.88 bits per heavy atom. The van der Waals surface area contributed by atoms with Gasteiger partial charge in [-0.1, -0.05) is 18.6 Å². The maximum atomic E-state index is 13.1. The molecule has 0 radical (unpaired) electrons. The second-order valence-electron chi connectivity index (χ2n) is 6.17. The van der Waals surface area contributed by atoms with E-state index in [-0.39, 0.29) is 17.8 Å². The van der Waals surface area contributed by atoms with Gasteiger partial charge in [-0.2, -0.15) is 0 Å². The molecule has 1 aliphatic carbocycles. The van der Waals surface area contributed by atoms with Crippen LogP contribution in [0.25, 0.3) is 0 Å². The molecule has 1 aromatic carbocycles. The van der Waals surface area contributed by atoms with E-state index >= 15 is 0 Å². The predicted octanol–water partition coefficient (Wildman–Crippen LogP) is 2.02. The van der Waals surface area contributed by atoms with Crippen molar-refractivity contribution in [3.05, 3.63) is 35.6 Å². The van der Waals surface area contributed by atoms with E-state index in [9.17, 15) is 18.4 Å². The molecule has 24 heavy (non-hydrogen) atoms. The molecule has 0 bridgehead atoms. The van der Waals surface area contributed by atoms with Gasteiger partial charge in [-0.15, -0.1) is 0 Å². The van der Waals surface area contributed by atoms with Crippen LogP contribution in [0, 0.1) is 5.82 Å². The molecule has 1 aliphatic rings. The number of nitrogens with one attached hydrogen (secondary N) is 3. The number of carbonyl (C=O) groups excluding carboxylic acids is 2. The highest BCUT2D eigenvalue weighted by molar-refractivity contribution is 5.86. The number of amides is 3. The summed E-state index contributed by atoms with van der Waals surface area (Å²) < 4.78 is 25.1. The van der Waals surface area contributed by atoms with Crippen molar-refractivity contribution in [3.8, 4) is 0 Å². The Hall–Kier alpha value is -2.18. The summed E-state index contributed by atoms with van der Waals surface area (Å²) in [5.41, 5.74) is 0.828. The molecule has 1 fully saturated rings. The number of alkyl halides is 1. The van der Waals surface area contributed by atoms with Crippen molar-refractivity contribution in [2.24, 2.45) is 0 Å². The standard InChI is InChI=1S/C17H23F2N3O2/c1-12(15(23)20-10-9-18)22-16(24)21-11-17(7-2-8-17)13-3-5-14(19)6-4-13/h3-6,12H,2,7-11H2,1H3,(H,20,23)(H2,21,22,24)/t12-/m1/s1. The highest BCUT2D eigenvalue weighted by Gasteiger charge is 2.38. The lowest BCUT2D eigenvalue weighted by Crippen LogP contribution is -2.52. The van der Waals surface area contributed by atoms with Crippen LogP contribution in [-0.4, -0.2) is 37.7 Å². The van der Waals surface area contributed by atoms with Crippen LogP contribution >= 0.6 is 0 Å². The van der Waals surface area contributed by atoms with Crippen molar-refractivity contribution in [2.45, 2.75) is 37.6 Å². The number of carbonyl (C=O) groups is 2. The Balaban J connectivity index is 1.85. The molecular formula is C17H23F2N3O2. The summed E-state index contributed by atoms with van der Waals surface area (Å²) in [5, 5.41) is 7.68. The number of hydrogen-bond acceptors (Lipinski definition) is 2. The fraction of sp³-hybridized carbons (Fsp3) is 0.529. The molecule has 7 heteroatoms. The first-order valence-electron chi connectivity index (χ1n) is 8.11. The lowest BCUT2D eigenvalue weighted by Gasteiger charge is -2.42. The molecule has 0 spiro atoms. The number of benzene rings is 1. The van der Waals surface area contributed by atoms with Gasteiger partial charge in [0.05, 0.1) is 0 Å². The Morgan fingerprint density at radius 3 is 2.42 bits per heavy atom. The zero-order valence-electron chi connectivity index (χ0n) is 13.7. The fourth-order valence-electron chi connectivity index (χ4n) is 2.86. The van der Waals surface area contributed by atoms with E-state index in [4.69, 9.17) is 0 Å². The number of rotatable bonds is 7. The van der Waals surface area contributed by atoms with Gasteiger partial charge in [0.25, 0.3) is 0 Å². The summed E-state index contributed by atoms with van der Waals surface area (Å²) in [6.45, 7) is 1.24. The summed E-state index contributed by atoms with van der Waals surface area (Å²) in [4.78, 5) is 23.6. The van der Waals surface area contributed by atoms with Crippen LogP contribution in [0.15, 0.2) is 24.3 Å². The third kappa shape index (κ3) is 4.43. The number of halogens is 2. The SMILES string of the molecule is C[C@@H](NC(=O)NCC1(c2ccc(F)cc2)CCC1)C(=O)NCCF. The molecule has 0 heterocycles. The smallest absolute Gasteiger partial charge is 0.315 e. The van der Waals surface area contributed by atoms with Crippen molar-refractivity contribution < 1.29 is 18.4 Å². The Kier molecular flexibility index (Phi) is 6.11. The molecule has 2 rings (SSSR count). The summed E-state index contributed by atoms with van der Waals surface area (Å²) in [6.07, 6.45) is 2.90. The van der Waals surface area contributed by atoms with Gasteiger partial charge in [-0.3, -0.25) is 4.79 Å². The molecule has 0 aromatic heterocycles. The topological polar surface area (TPSA) is 70.2 Å². The van der Waals surface area contributed by atoms with Crippen molar-refractivity contribution in [1.29, 1.82) is 0 Å². The Morgan fingerprint density at radius 1 is 1.21 bits per heavy atom. The second-order valence-corrected chi connectivity index (χ2v) is 6.17. The number of urea groups is 1. The molecule has 1 saturated carbocycles. The van der Waals surface area contributed by atoms with E-state index in [1.165, 1.54) is 19.1 Å². The van der Waals surface area contributed by atoms with Gasteiger partial charge in [-0.25, -0.2) is 13.6 Å². The molecule has 0 saturated heterocycles. The van der Waals surface area contributed by atoms with Gasteiger partial charge in [-0.05, 0) is 37.5 Å². The summed E-state index contributed by atoms with van der Waals surface area (Å²) in [6, 6.07) is 5.15. The first-order chi connectivity index (χ1) is 11.5. The van der Waals surface area contributed by atoms with Crippen molar-refractivity contribution >= 4 is 11.9 Å². The molecule has 5 nitrogen and oxygen atoms in total. The molecular weight excluding hydrogens is 316 g/mol. The highest BCUT2D eigenvalue weighted by atomic mass is 19.1. The van der Waals surface area contributed by atoms with E-state index in [0.717, 1.165) is 24.8 Å². The molecule has 0 aliphatic heterocycles. The van der Waals surface area contributed by atoms with E-state index in [0.29, 0.717) is 6.54 Å². The molecule has 0 unspecified atom stereocenters. The first-order valence-corrected chi connectivity index (χ1v) is 8.11. The summed E-state index contributed by atoms with van der Waals surface area (Å²) >= 11 is 0. The van der Waals surface area contributed by atoms with Crippen LogP contribution in [0.5, 0.6) is 0 Å². The minimum Gasteiger partial charge on any atom is -0.352 e. The number of hydrogen-bond donors (Lipinski definition) is 3. The molecule has 3 N–H and O–H groups in total. The molecule has 132 valence electrons. The molecule has 1 atom stereocenters. The highest BCUT2D eigenvalue weighted by Crippen LogP contribution is 2.43. The quantitative estimate of drug-likeness (QED) is 0.711. The summed E-state index contributed by atoms with van der Waals surface area (Å²) in [5.74, 6) is -0.716. The monoisotopic (exact) mass is 339 g/mol. The maximum absolute atomic E-state index is 13.1. The zero-order chi connectivity index (χ0) is 17.6. The Labute approximate surface area is 140 Å². The summed E-state index contributed by atoms with van der Waals surface area (Å²) in [7, 11) is 0. The predicted molar refractivity (Wildman–Crippen MR) is 86.9 cm³/mol. The van der Waals surface area contributed by atoms with Crippen molar-refractivity contribution in [2.75, 3.05) is 19.8 Å². The van der Waals surface area contributed by atoms with Gasteiger partial charge >= 0.3 is 6.03 Å². The largest absolute Gasteiger partial charge is 0.352 e. The van der Waals surface area contributed by atoms with Crippen LogP contribution in [0.4, 0.5) is 13.6 Å². The van der Waals surface area contributed by atoms with Gasteiger partial charge in [0.1, 0.15) is 18.5 Å². The molecule has 3 amide bonds. The second kappa shape index (κ2) is 8.08. The molecule has 1 aromatic rings. The average Bonchev–Trinajstić information content (AvgIpc) is 2.53.